The zero-order valence-electron chi connectivity index (χ0n) is 6.72. The molecule has 3 nitrogen and oxygen atoms in total. The number of carbonyl (C=O) groups is 1. The molecule has 1 atom stereocenters. The van der Waals surface area contributed by atoms with Crippen molar-refractivity contribution in [3.8, 4) is 0 Å². The minimum atomic E-state index is -0.177. The summed E-state index contributed by atoms with van der Waals surface area (Å²) in [4.78, 5) is 10.6. The van der Waals surface area contributed by atoms with Gasteiger partial charge in [0.2, 0.25) is 0 Å². The lowest BCUT2D eigenvalue weighted by Crippen LogP contribution is -2.09. The average molecular weight is 146 g/mol. The number of hydrogen-bond acceptors (Lipinski definition) is 3. The maximum atomic E-state index is 10.6. The van der Waals surface area contributed by atoms with E-state index in [1.807, 2.05) is 6.92 Å². The molecule has 0 saturated carbocycles. The topological polar surface area (TPSA) is 35.5 Å². The molecule has 0 amide bonds. The molecule has 0 bridgehead atoms. The van der Waals surface area contributed by atoms with Crippen LogP contribution in [0.1, 0.15) is 19.8 Å². The fourth-order valence-corrected chi connectivity index (χ4v) is 0.541. The van der Waals surface area contributed by atoms with E-state index in [2.05, 4.69) is 4.74 Å². The summed E-state index contributed by atoms with van der Waals surface area (Å²) in [6.45, 7) is 1.92. The summed E-state index contributed by atoms with van der Waals surface area (Å²) in [7, 11) is 3.02. The molecule has 0 saturated heterocycles. The molecule has 0 rings (SSSR count). The molecular weight excluding hydrogens is 132 g/mol. The zero-order valence-corrected chi connectivity index (χ0v) is 6.72. The number of esters is 1. The third kappa shape index (κ3) is 4.32. The van der Waals surface area contributed by atoms with Crippen molar-refractivity contribution in [1.82, 2.24) is 0 Å². The van der Waals surface area contributed by atoms with Gasteiger partial charge in [-0.3, -0.25) is 4.79 Å². The van der Waals surface area contributed by atoms with Crippen LogP contribution in [0, 0.1) is 0 Å². The van der Waals surface area contributed by atoms with Crippen LogP contribution < -0.4 is 0 Å². The third-order valence-corrected chi connectivity index (χ3v) is 1.39. The summed E-state index contributed by atoms with van der Waals surface area (Å²) in [6.07, 6.45) is 1.30. The Kier molecular flexibility index (Phi) is 4.94. The Morgan fingerprint density at radius 1 is 1.50 bits per heavy atom. The second-order valence-electron chi connectivity index (χ2n) is 2.16. The predicted molar refractivity (Wildman–Crippen MR) is 37.7 cm³/mol. The third-order valence-electron chi connectivity index (χ3n) is 1.39. The van der Waals surface area contributed by atoms with Crippen LogP contribution in [-0.4, -0.2) is 26.3 Å². The van der Waals surface area contributed by atoms with Crippen molar-refractivity contribution in [2.75, 3.05) is 14.2 Å². The molecule has 60 valence electrons. The molecule has 0 spiro atoms. The minimum absolute atomic E-state index is 0.138. The molecule has 0 aromatic carbocycles. The largest absolute Gasteiger partial charge is 0.469 e. The van der Waals surface area contributed by atoms with Gasteiger partial charge in [0.25, 0.3) is 0 Å². The number of hydrogen-bond donors (Lipinski definition) is 0. The van der Waals surface area contributed by atoms with Crippen LogP contribution in [0.3, 0.4) is 0 Å². The number of carbonyl (C=O) groups excluding carboxylic acids is 1. The maximum absolute atomic E-state index is 10.6. The minimum Gasteiger partial charge on any atom is -0.469 e. The first-order chi connectivity index (χ1) is 4.70. The van der Waals surface area contributed by atoms with Gasteiger partial charge >= 0.3 is 5.97 Å². The Bertz CT molecular complexity index is 101. The first-order valence-corrected chi connectivity index (χ1v) is 3.30. The molecule has 0 aromatic rings. The monoisotopic (exact) mass is 146 g/mol. The van der Waals surface area contributed by atoms with Gasteiger partial charge in [0.15, 0.2) is 0 Å². The maximum Gasteiger partial charge on any atom is 0.305 e. The van der Waals surface area contributed by atoms with Gasteiger partial charge in [-0.1, -0.05) is 0 Å². The highest BCUT2D eigenvalue weighted by Crippen LogP contribution is 2.00. The normalized spacial score (nSPS) is 12.7. The molecular formula is C7H14O3. The fraction of sp³-hybridized carbons (Fsp3) is 0.857. The van der Waals surface area contributed by atoms with Gasteiger partial charge < -0.3 is 9.47 Å². The van der Waals surface area contributed by atoms with Crippen LogP contribution in [0.5, 0.6) is 0 Å². The molecule has 0 N–H and O–H groups in total. The lowest BCUT2D eigenvalue weighted by atomic mass is 10.2. The van der Waals surface area contributed by atoms with Gasteiger partial charge in [-0.15, -0.1) is 0 Å². The van der Waals surface area contributed by atoms with Gasteiger partial charge in [-0.05, 0) is 13.3 Å². The van der Waals surface area contributed by atoms with E-state index in [-0.39, 0.29) is 12.1 Å². The fourth-order valence-electron chi connectivity index (χ4n) is 0.541. The Labute approximate surface area is 61.3 Å². The van der Waals surface area contributed by atoms with E-state index in [4.69, 9.17) is 4.74 Å². The average Bonchev–Trinajstić information content (AvgIpc) is 1.99. The van der Waals surface area contributed by atoms with E-state index >= 15 is 0 Å². The van der Waals surface area contributed by atoms with Crippen molar-refractivity contribution in [3.05, 3.63) is 0 Å². The van der Waals surface area contributed by atoms with Crippen LogP contribution in [0.2, 0.25) is 0 Å². The van der Waals surface area contributed by atoms with E-state index in [9.17, 15) is 4.79 Å². The van der Waals surface area contributed by atoms with Crippen molar-refractivity contribution in [3.63, 3.8) is 0 Å². The SMILES string of the molecule is COC(=O)CC[C@@H](C)OC. The quantitative estimate of drug-likeness (QED) is 0.554. The van der Waals surface area contributed by atoms with Crippen molar-refractivity contribution < 1.29 is 14.3 Å². The number of ether oxygens (including phenoxy) is 2. The first kappa shape index (κ1) is 9.43. The lowest BCUT2D eigenvalue weighted by molar-refractivity contribution is -0.141. The zero-order chi connectivity index (χ0) is 7.98. The Morgan fingerprint density at radius 3 is 2.50 bits per heavy atom. The van der Waals surface area contributed by atoms with Crippen LogP contribution in [0.15, 0.2) is 0 Å². The summed E-state index contributed by atoms with van der Waals surface area (Å²) in [5.74, 6) is -0.177. The van der Waals surface area contributed by atoms with Crippen molar-refractivity contribution in [1.29, 1.82) is 0 Å². The van der Waals surface area contributed by atoms with Crippen molar-refractivity contribution in [2.24, 2.45) is 0 Å². The predicted octanol–water partition coefficient (Wildman–Crippen LogP) is 0.974. The molecule has 0 unspecified atom stereocenters. The summed E-state index contributed by atoms with van der Waals surface area (Å²) in [5, 5.41) is 0. The van der Waals surface area contributed by atoms with E-state index < -0.39 is 0 Å². The van der Waals surface area contributed by atoms with Gasteiger partial charge in [-0.2, -0.15) is 0 Å². The van der Waals surface area contributed by atoms with Gasteiger partial charge in [-0.25, -0.2) is 0 Å². The smallest absolute Gasteiger partial charge is 0.305 e. The summed E-state index contributed by atoms with van der Waals surface area (Å²) in [6, 6.07) is 0. The highest BCUT2D eigenvalue weighted by Gasteiger charge is 2.04. The second-order valence-corrected chi connectivity index (χ2v) is 2.16. The molecule has 0 fully saturated rings. The number of rotatable bonds is 4. The number of methoxy groups -OCH3 is 2. The highest BCUT2D eigenvalue weighted by atomic mass is 16.5. The lowest BCUT2D eigenvalue weighted by Gasteiger charge is -2.06. The van der Waals surface area contributed by atoms with Crippen LogP contribution in [0.4, 0.5) is 0 Å². The van der Waals surface area contributed by atoms with Gasteiger partial charge in [0.05, 0.1) is 13.2 Å². The molecule has 3 heteroatoms. The Morgan fingerprint density at radius 2 is 2.10 bits per heavy atom. The molecule has 0 aromatic heterocycles. The highest BCUT2D eigenvalue weighted by molar-refractivity contribution is 5.69. The standard InChI is InChI=1S/C7H14O3/c1-6(9-2)4-5-7(8)10-3/h6H,4-5H2,1-3H3/t6-/m1/s1. The summed E-state index contributed by atoms with van der Waals surface area (Å²) < 4.78 is 9.39. The second kappa shape index (κ2) is 5.23. The summed E-state index contributed by atoms with van der Waals surface area (Å²) in [5.41, 5.74) is 0. The molecule has 0 heterocycles. The molecule has 10 heavy (non-hydrogen) atoms. The van der Waals surface area contributed by atoms with Crippen LogP contribution in [-0.2, 0) is 14.3 Å². The van der Waals surface area contributed by atoms with Crippen LogP contribution >= 0.6 is 0 Å². The molecule has 0 aliphatic carbocycles. The van der Waals surface area contributed by atoms with E-state index in [1.165, 1.54) is 7.11 Å². The van der Waals surface area contributed by atoms with Crippen molar-refractivity contribution in [2.45, 2.75) is 25.9 Å². The Balaban J connectivity index is 3.26. The van der Waals surface area contributed by atoms with E-state index in [1.54, 1.807) is 7.11 Å². The Hall–Kier alpha value is -0.570. The molecule has 0 radical (unpaired) electrons. The summed E-state index contributed by atoms with van der Waals surface area (Å²) >= 11 is 0. The molecule has 0 aliphatic heterocycles. The van der Waals surface area contributed by atoms with Crippen molar-refractivity contribution >= 4 is 5.97 Å². The van der Waals surface area contributed by atoms with Gasteiger partial charge in [0.1, 0.15) is 0 Å². The first-order valence-electron chi connectivity index (χ1n) is 3.30. The van der Waals surface area contributed by atoms with E-state index in [0.717, 1.165) is 6.42 Å². The van der Waals surface area contributed by atoms with Gasteiger partial charge in [0, 0.05) is 13.5 Å². The van der Waals surface area contributed by atoms with E-state index in [0.29, 0.717) is 6.42 Å². The molecule has 0 aliphatic rings. The van der Waals surface area contributed by atoms with Crippen LogP contribution in [0.25, 0.3) is 0 Å².